The highest BCUT2D eigenvalue weighted by Gasteiger charge is 2.24. The molecular weight excluding hydrogens is 308 g/mol. The number of benzene rings is 1. The van der Waals surface area contributed by atoms with Crippen LogP contribution < -0.4 is 0 Å². The standard InChI is InChI=1S/C15H19ClN2O2S/c1-14(16)13-17-8-10-18(11-9-17)21(19,20)12-7-15-5-3-2-4-6-15/h2-7,12H,1,8-11,13H2/b12-7+. The molecule has 0 aliphatic carbocycles. The fraction of sp³-hybridized carbons (Fsp3) is 0.333. The summed E-state index contributed by atoms with van der Waals surface area (Å²) in [5.74, 6) is 0. The van der Waals surface area contributed by atoms with Crippen molar-refractivity contribution in [2.45, 2.75) is 0 Å². The Balaban J connectivity index is 1.95. The topological polar surface area (TPSA) is 40.6 Å². The molecule has 0 radical (unpaired) electrons. The molecule has 1 aliphatic rings. The van der Waals surface area contributed by atoms with Gasteiger partial charge in [-0.15, -0.1) is 0 Å². The number of rotatable bonds is 5. The number of sulfonamides is 1. The zero-order chi connectivity index (χ0) is 15.3. The zero-order valence-electron chi connectivity index (χ0n) is 11.8. The van der Waals surface area contributed by atoms with Crippen molar-refractivity contribution in [3.8, 4) is 0 Å². The van der Waals surface area contributed by atoms with Crippen LogP contribution in [-0.2, 0) is 10.0 Å². The molecule has 1 aliphatic heterocycles. The maximum atomic E-state index is 12.3. The van der Waals surface area contributed by atoms with E-state index in [0.717, 1.165) is 5.56 Å². The minimum absolute atomic E-state index is 0.478. The molecule has 1 saturated heterocycles. The van der Waals surface area contributed by atoms with Crippen LogP contribution >= 0.6 is 11.6 Å². The molecule has 1 aromatic carbocycles. The molecule has 1 aromatic rings. The van der Waals surface area contributed by atoms with Gasteiger partial charge in [0, 0.05) is 43.2 Å². The molecule has 0 unspecified atom stereocenters. The molecule has 0 atom stereocenters. The van der Waals surface area contributed by atoms with Crippen molar-refractivity contribution in [1.82, 2.24) is 9.21 Å². The summed E-state index contributed by atoms with van der Waals surface area (Å²) < 4.78 is 26.0. The Hall–Kier alpha value is -1.14. The summed E-state index contributed by atoms with van der Waals surface area (Å²) in [4.78, 5) is 2.10. The summed E-state index contributed by atoms with van der Waals surface area (Å²) in [6, 6.07) is 9.40. The third kappa shape index (κ3) is 4.97. The van der Waals surface area contributed by atoms with E-state index in [1.54, 1.807) is 6.08 Å². The van der Waals surface area contributed by atoms with Crippen LogP contribution in [0.15, 0.2) is 47.4 Å². The highest BCUT2D eigenvalue weighted by Crippen LogP contribution is 2.12. The molecule has 6 heteroatoms. The molecule has 1 fully saturated rings. The van der Waals surface area contributed by atoms with Crippen molar-refractivity contribution in [3.63, 3.8) is 0 Å². The first-order chi connectivity index (χ1) is 9.97. The number of piperazine rings is 1. The van der Waals surface area contributed by atoms with Crippen LogP contribution in [0.4, 0.5) is 0 Å². The van der Waals surface area contributed by atoms with E-state index in [1.165, 1.54) is 9.71 Å². The van der Waals surface area contributed by atoms with Crippen LogP contribution in [0.25, 0.3) is 6.08 Å². The molecule has 0 N–H and O–H groups in total. The average Bonchev–Trinajstić information content (AvgIpc) is 2.46. The van der Waals surface area contributed by atoms with Crippen LogP contribution in [0, 0.1) is 0 Å². The normalized spacial score (nSPS) is 18.1. The van der Waals surface area contributed by atoms with Gasteiger partial charge in [-0.25, -0.2) is 8.42 Å². The van der Waals surface area contributed by atoms with E-state index in [1.807, 2.05) is 30.3 Å². The summed E-state index contributed by atoms with van der Waals surface area (Å²) in [6.07, 6.45) is 1.63. The maximum absolute atomic E-state index is 12.3. The van der Waals surface area contributed by atoms with Gasteiger partial charge in [0.05, 0.1) is 0 Å². The Morgan fingerprint density at radius 1 is 1.19 bits per heavy atom. The third-order valence-corrected chi connectivity index (χ3v) is 5.00. The van der Waals surface area contributed by atoms with Gasteiger partial charge in [0.15, 0.2) is 0 Å². The van der Waals surface area contributed by atoms with Gasteiger partial charge < -0.3 is 0 Å². The van der Waals surface area contributed by atoms with Crippen molar-refractivity contribution in [3.05, 3.63) is 52.9 Å². The first kappa shape index (κ1) is 16.2. The minimum atomic E-state index is -3.36. The Kier molecular flexibility index (Phi) is 5.58. The number of hydrogen-bond donors (Lipinski definition) is 0. The minimum Gasteiger partial charge on any atom is -0.296 e. The lowest BCUT2D eigenvalue weighted by molar-refractivity contribution is 0.204. The molecule has 4 nitrogen and oxygen atoms in total. The second-order valence-corrected chi connectivity index (χ2v) is 7.30. The molecule has 1 heterocycles. The van der Waals surface area contributed by atoms with Crippen LogP contribution in [-0.4, -0.2) is 50.3 Å². The highest BCUT2D eigenvalue weighted by molar-refractivity contribution is 7.92. The lowest BCUT2D eigenvalue weighted by Crippen LogP contribution is -2.48. The van der Waals surface area contributed by atoms with Crippen molar-refractivity contribution in [2.75, 3.05) is 32.7 Å². The van der Waals surface area contributed by atoms with Gasteiger partial charge in [-0.05, 0) is 11.6 Å². The predicted octanol–water partition coefficient (Wildman–Crippen LogP) is 2.36. The lowest BCUT2D eigenvalue weighted by atomic mass is 10.2. The second kappa shape index (κ2) is 7.22. The van der Waals surface area contributed by atoms with E-state index in [9.17, 15) is 8.42 Å². The van der Waals surface area contributed by atoms with Crippen molar-refractivity contribution in [2.24, 2.45) is 0 Å². The quantitative estimate of drug-likeness (QED) is 0.834. The molecule has 0 amide bonds. The van der Waals surface area contributed by atoms with Gasteiger partial charge in [-0.1, -0.05) is 48.5 Å². The van der Waals surface area contributed by atoms with Crippen molar-refractivity contribution in [1.29, 1.82) is 0 Å². The molecular formula is C15H19ClN2O2S. The summed E-state index contributed by atoms with van der Waals surface area (Å²) in [6.45, 7) is 6.56. The molecule has 0 spiro atoms. The van der Waals surface area contributed by atoms with Gasteiger partial charge in [-0.3, -0.25) is 4.90 Å². The average molecular weight is 327 g/mol. The van der Waals surface area contributed by atoms with Crippen LogP contribution in [0.3, 0.4) is 0 Å². The van der Waals surface area contributed by atoms with Crippen molar-refractivity contribution < 1.29 is 8.42 Å². The van der Waals surface area contributed by atoms with Gasteiger partial charge in [0.2, 0.25) is 10.0 Å². The Morgan fingerprint density at radius 3 is 2.38 bits per heavy atom. The Morgan fingerprint density at radius 2 is 1.81 bits per heavy atom. The fourth-order valence-corrected chi connectivity index (χ4v) is 3.54. The molecule has 2 rings (SSSR count). The van der Waals surface area contributed by atoms with Crippen LogP contribution in [0.1, 0.15) is 5.56 Å². The van der Waals surface area contributed by atoms with E-state index >= 15 is 0 Å². The van der Waals surface area contributed by atoms with Gasteiger partial charge in [-0.2, -0.15) is 4.31 Å². The van der Waals surface area contributed by atoms with Crippen molar-refractivity contribution >= 4 is 27.7 Å². The molecule has 0 bridgehead atoms. The third-order valence-electron chi connectivity index (χ3n) is 3.32. The van der Waals surface area contributed by atoms with Crippen LogP contribution in [0.5, 0.6) is 0 Å². The SMILES string of the molecule is C=C(Cl)CN1CCN(S(=O)(=O)/C=C/c2ccccc2)CC1. The van der Waals surface area contributed by atoms with Crippen LogP contribution in [0.2, 0.25) is 0 Å². The van der Waals surface area contributed by atoms with Gasteiger partial charge in [0.25, 0.3) is 0 Å². The van der Waals surface area contributed by atoms with E-state index in [4.69, 9.17) is 11.6 Å². The molecule has 0 aromatic heterocycles. The number of hydrogen-bond acceptors (Lipinski definition) is 3. The van der Waals surface area contributed by atoms with E-state index < -0.39 is 10.0 Å². The van der Waals surface area contributed by atoms with E-state index in [-0.39, 0.29) is 0 Å². The van der Waals surface area contributed by atoms with Gasteiger partial charge in [0.1, 0.15) is 0 Å². The predicted molar refractivity (Wildman–Crippen MR) is 87.4 cm³/mol. The largest absolute Gasteiger partial charge is 0.296 e. The van der Waals surface area contributed by atoms with Gasteiger partial charge >= 0.3 is 0 Å². The summed E-state index contributed by atoms with van der Waals surface area (Å²) in [5.41, 5.74) is 0.873. The molecule has 21 heavy (non-hydrogen) atoms. The second-order valence-electron chi connectivity index (χ2n) is 4.95. The monoisotopic (exact) mass is 326 g/mol. The first-order valence-corrected chi connectivity index (χ1v) is 8.64. The first-order valence-electron chi connectivity index (χ1n) is 6.76. The fourth-order valence-electron chi connectivity index (χ4n) is 2.20. The smallest absolute Gasteiger partial charge is 0.236 e. The number of halogens is 1. The van der Waals surface area contributed by atoms with E-state index in [0.29, 0.717) is 37.8 Å². The summed E-state index contributed by atoms with van der Waals surface area (Å²) in [5, 5.41) is 1.86. The van der Waals surface area contributed by atoms with E-state index in [2.05, 4.69) is 11.5 Å². The Bertz CT molecular complexity index is 606. The maximum Gasteiger partial charge on any atom is 0.236 e. The summed E-state index contributed by atoms with van der Waals surface area (Å²) >= 11 is 5.78. The zero-order valence-corrected chi connectivity index (χ0v) is 13.4. The highest BCUT2D eigenvalue weighted by atomic mass is 35.5. The lowest BCUT2D eigenvalue weighted by Gasteiger charge is -2.33. The molecule has 0 saturated carbocycles. The number of nitrogens with zero attached hydrogens (tertiary/aromatic N) is 2. The summed E-state index contributed by atoms with van der Waals surface area (Å²) in [7, 11) is -3.36. The molecule has 114 valence electrons. The Labute approximate surface area is 131 Å².